The van der Waals surface area contributed by atoms with Crippen LogP contribution in [0.5, 0.6) is 0 Å². The van der Waals surface area contributed by atoms with Crippen molar-refractivity contribution >= 4 is 5.57 Å². The molecule has 0 saturated heterocycles. The molecule has 0 aliphatic rings. The maximum Gasteiger partial charge on any atom is 0.430 e. The van der Waals surface area contributed by atoms with Gasteiger partial charge in [-0.2, -0.15) is 13.2 Å². The lowest BCUT2D eigenvalue weighted by atomic mass is 10.0. The lowest BCUT2D eigenvalue weighted by molar-refractivity contribution is -0.0949. The Morgan fingerprint density at radius 3 is 2.54 bits per heavy atom. The molecule has 0 amide bonds. The average molecular weight is 344 g/mol. The Morgan fingerprint density at radius 1 is 1.33 bits per heavy atom. The summed E-state index contributed by atoms with van der Waals surface area (Å²) in [6.45, 7) is 10.1. The molecule has 0 fully saturated rings. The van der Waals surface area contributed by atoms with E-state index in [1.54, 1.807) is 12.1 Å². The highest BCUT2D eigenvalue weighted by Gasteiger charge is 2.31. The number of nitrogens with one attached hydrogen (secondary N) is 2. The summed E-state index contributed by atoms with van der Waals surface area (Å²) in [6.07, 6.45) is -2.35. The molecule has 0 heterocycles. The van der Waals surface area contributed by atoms with E-state index in [1.165, 1.54) is 13.0 Å². The number of alkyl halides is 3. The van der Waals surface area contributed by atoms with Crippen LogP contribution < -0.4 is 10.6 Å². The minimum absolute atomic E-state index is 0.253. The molecule has 1 atom stereocenters. The highest BCUT2D eigenvalue weighted by Crippen LogP contribution is 2.23. The third-order valence-corrected chi connectivity index (χ3v) is 3.78. The van der Waals surface area contributed by atoms with Crippen molar-refractivity contribution in [3.63, 3.8) is 0 Å². The van der Waals surface area contributed by atoms with Gasteiger partial charge in [-0.3, -0.25) is 0 Å². The van der Waals surface area contributed by atoms with Gasteiger partial charge in [0, 0.05) is 18.3 Å². The number of hydrogen-bond acceptors (Lipinski definition) is 2. The molecule has 6 heteroatoms. The van der Waals surface area contributed by atoms with Crippen molar-refractivity contribution in [3.05, 3.63) is 53.6 Å². The summed E-state index contributed by atoms with van der Waals surface area (Å²) in [4.78, 5) is 0. The molecule has 1 unspecified atom stereocenters. The van der Waals surface area contributed by atoms with Gasteiger partial charge in [-0.1, -0.05) is 39.0 Å². The third-order valence-electron chi connectivity index (χ3n) is 3.78. The second-order valence-corrected chi connectivity index (χ2v) is 5.91. The van der Waals surface area contributed by atoms with Crippen molar-refractivity contribution in [2.45, 2.75) is 39.9 Å². The molecule has 0 spiro atoms. The molecular weight excluding hydrogens is 320 g/mol. The summed E-state index contributed by atoms with van der Waals surface area (Å²) in [5.74, 6) is 0.0816. The summed E-state index contributed by atoms with van der Waals surface area (Å²) < 4.78 is 51.3. The average Bonchev–Trinajstić information content (AvgIpc) is 2.51. The van der Waals surface area contributed by atoms with Crippen LogP contribution in [-0.2, 0) is 6.54 Å². The molecule has 1 aromatic carbocycles. The van der Waals surface area contributed by atoms with Crippen molar-refractivity contribution < 1.29 is 17.6 Å². The van der Waals surface area contributed by atoms with Crippen LogP contribution in [-0.4, -0.2) is 12.7 Å². The van der Waals surface area contributed by atoms with Crippen LogP contribution in [0.25, 0.3) is 5.57 Å². The number of rotatable bonds is 8. The van der Waals surface area contributed by atoms with Gasteiger partial charge in [0.15, 0.2) is 0 Å². The Hall–Kier alpha value is -1.82. The van der Waals surface area contributed by atoms with E-state index in [0.29, 0.717) is 18.0 Å². The first-order valence-corrected chi connectivity index (χ1v) is 7.84. The molecule has 0 radical (unpaired) electrons. The van der Waals surface area contributed by atoms with Gasteiger partial charge in [0.2, 0.25) is 0 Å². The summed E-state index contributed by atoms with van der Waals surface area (Å²) in [6, 6.07) is 4.73. The third kappa shape index (κ3) is 6.35. The van der Waals surface area contributed by atoms with Crippen molar-refractivity contribution in [2.24, 2.45) is 5.92 Å². The molecular formula is C18H24F4N2. The number of hydrogen-bond donors (Lipinski definition) is 2. The highest BCUT2D eigenvalue weighted by molar-refractivity contribution is 5.64. The van der Waals surface area contributed by atoms with Gasteiger partial charge in [-0.25, -0.2) is 4.39 Å². The SMILES string of the molecule is C=C(N/C=C(\C)c1ccc(CNCC(C)CC)cc1F)C(F)(F)F. The van der Waals surface area contributed by atoms with Crippen LogP contribution in [0.15, 0.2) is 36.7 Å². The van der Waals surface area contributed by atoms with Gasteiger partial charge in [0.05, 0.1) is 0 Å². The predicted octanol–water partition coefficient (Wildman–Crippen LogP) is 4.99. The second kappa shape index (κ2) is 8.87. The van der Waals surface area contributed by atoms with Crippen LogP contribution >= 0.6 is 0 Å². The Labute approximate surface area is 140 Å². The van der Waals surface area contributed by atoms with Crippen LogP contribution in [0, 0.1) is 11.7 Å². The maximum absolute atomic E-state index is 14.2. The first kappa shape index (κ1) is 20.2. The summed E-state index contributed by atoms with van der Waals surface area (Å²) in [7, 11) is 0. The van der Waals surface area contributed by atoms with Crippen molar-refractivity contribution in [1.29, 1.82) is 0 Å². The fourth-order valence-electron chi connectivity index (χ4n) is 1.95. The van der Waals surface area contributed by atoms with Crippen molar-refractivity contribution in [3.8, 4) is 0 Å². The van der Waals surface area contributed by atoms with E-state index in [2.05, 4.69) is 31.1 Å². The van der Waals surface area contributed by atoms with E-state index >= 15 is 0 Å². The smallest absolute Gasteiger partial charge is 0.358 e. The van der Waals surface area contributed by atoms with Crippen molar-refractivity contribution in [2.75, 3.05) is 6.54 Å². The molecule has 0 bridgehead atoms. The van der Waals surface area contributed by atoms with Crippen LogP contribution in [0.1, 0.15) is 38.3 Å². The van der Waals surface area contributed by atoms with Gasteiger partial charge >= 0.3 is 6.18 Å². The zero-order valence-electron chi connectivity index (χ0n) is 14.2. The Bertz CT molecular complexity index is 591. The van der Waals surface area contributed by atoms with Gasteiger partial charge in [-0.15, -0.1) is 0 Å². The Kier molecular flexibility index (Phi) is 7.48. The maximum atomic E-state index is 14.2. The van der Waals surface area contributed by atoms with E-state index in [4.69, 9.17) is 0 Å². The first-order valence-electron chi connectivity index (χ1n) is 7.84. The summed E-state index contributed by atoms with van der Waals surface area (Å²) in [5, 5.41) is 5.31. The molecule has 0 aliphatic heterocycles. The van der Waals surface area contributed by atoms with E-state index in [0.717, 1.165) is 24.7 Å². The minimum Gasteiger partial charge on any atom is -0.358 e. The zero-order chi connectivity index (χ0) is 18.3. The van der Waals surface area contributed by atoms with E-state index in [9.17, 15) is 17.6 Å². The first-order chi connectivity index (χ1) is 11.1. The van der Waals surface area contributed by atoms with Gasteiger partial charge in [0.25, 0.3) is 0 Å². The van der Waals surface area contributed by atoms with Gasteiger partial charge < -0.3 is 10.6 Å². The minimum atomic E-state index is -4.53. The van der Waals surface area contributed by atoms with Gasteiger partial charge in [0.1, 0.15) is 11.5 Å². The number of benzene rings is 1. The second-order valence-electron chi connectivity index (χ2n) is 5.91. The largest absolute Gasteiger partial charge is 0.430 e. The van der Waals surface area contributed by atoms with E-state index in [1.807, 2.05) is 0 Å². The summed E-state index contributed by atoms with van der Waals surface area (Å²) in [5.41, 5.74) is 0.313. The normalized spacial score (nSPS) is 13.7. The van der Waals surface area contributed by atoms with Crippen LogP contribution in [0.3, 0.4) is 0 Å². The quantitative estimate of drug-likeness (QED) is 0.649. The van der Waals surface area contributed by atoms with Crippen LogP contribution in [0.2, 0.25) is 0 Å². The molecule has 1 aromatic rings. The van der Waals surface area contributed by atoms with Gasteiger partial charge in [-0.05, 0) is 36.6 Å². The molecule has 24 heavy (non-hydrogen) atoms. The molecule has 134 valence electrons. The zero-order valence-corrected chi connectivity index (χ0v) is 14.2. The molecule has 0 saturated carbocycles. The highest BCUT2D eigenvalue weighted by atomic mass is 19.4. The van der Waals surface area contributed by atoms with E-state index in [-0.39, 0.29) is 5.56 Å². The molecule has 2 N–H and O–H groups in total. The van der Waals surface area contributed by atoms with Crippen molar-refractivity contribution in [1.82, 2.24) is 10.6 Å². The van der Waals surface area contributed by atoms with Crippen LogP contribution in [0.4, 0.5) is 17.6 Å². The standard InChI is InChI=1S/C18H24F4N2/c1-5-12(2)9-23-11-15-6-7-16(17(19)8-15)13(3)10-24-14(4)18(20,21)22/h6-8,10,12,23-24H,4-5,9,11H2,1-3H3/b13-10+. The fraction of sp³-hybridized carbons (Fsp3) is 0.444. The summed E-state index contributed by atoms with van der Waals surface area (Å²) >= 11 is 0. The topological polar surface area (TPSA) is 24.1 Å². The molecule has 2 nitrogen and oxygen atoms in total. The van der Waals surface area contributed by atoms with E-state index < -0.39 is 17.7 Å². The number of allylic oxidation sites excluding steroid dienone is 2. The molecule has 0 aliphatic carbocycles. The lowest BCUT2D eigenvalue weighted by Crippen LogP contribution is -2.21. The monoisotopic (exact) mass is 344 g/mol. The molecule has 0 aromatic heterocycles. The Balaban J connectivity index is 2.71. The number of halogens is 4. The Morgan fingerprint density at radius 2 is 2.00 bits per heavy atom. The lowest BCUT2D eigenvalue weighted by Gasteiger charge is -2.12. The fourth-order valence-corrected chi connectivity index (χ4v) is 1.95. The predicted molar refractivity (Wildman–Crippen MR) is 89.5 cm³/mol. The molecule has 1 rings (SSSR count).